The van der Waals surface area contributed by atoms with Crippen LogP contribution in [0.4, 0.5) is 0 Å². The second-order valence-electron chi connectivity index (χ2n) is 5.46. The van der Waals surface area contributed by atoms with Crippen molar-refractivity contribution in [1.82, 2.24) is 0 Å². The van der Waals surface area contributed by atoms with E-state index in [1.807, 2.05) is 48.5 Å². The standard InChI is InChI=1S/C19H20O3/c1-2-6-15-10-19-16(9-17(12-20)22-19)11-18(15)21-13-14-7-4-3-5-8-14/h2-5,7-8,10-11,17,20H,1,6,9,12-13H2. The molecule has 114 valence electrons. The van der Waals surface area contributed by atoms with Crippen LogP contribution in [-0.2, 0) is 19.4 Å². The van der Waals surface area contributed by atoms with E-state index in [1.165, 1.54) is 0 Å². The van der Waals surface area contributed by atoms with Gasteiger partial charge in [-0.2, -0.15) is 0 Å². The molecule has 1 heterocycles. The van der Waals surface area contributed by atoms with Crippen LogP contribution < -0.4 is 9.47 Å². The van der Waals surface area contributed by atoms with Gasteiger partial charge < -0.3 is 14.6 Å². The molecule has 0 radical (unpaired) electrons. The molecule has 0 spiro atoms. The Balaban J connectivity index is 1.82. The van der Waals surface area contributed by atoms with Crippen LogP contribution in [0.3, 0.4) is 0 Å². The normalized spacial score (nSPS) is 16.0. The van der Waals surface area contributed by atoms with Crippen molar-refractivity contribution in [2.24, 2.45) is 0 Å². The maximum Gasteiger partial charge on any atom is 0.126 e. The van der Waals surface area contributed by atoms with Gasteiger partial charge in [0, 0.05) is 17.5 Å². The predicted octanol–water partition coefficient (Wildman–Crippen LogP) is 3.29. The number of fused-ring (bicyclic) bond motifs is 1. The highest BCUT2D eigenvalue weighted by Crippen LogP contribution is 2.35. The lowest BCUT2D eigenvalue weighted by Crippen LogP contribution is -2.17. The van der Waals surface area contributed by atoms with Gasteiger partial charge in [-0.1, -0.05) is 36.4 Å². The zero-order valence-electron chi connectivity index (χ0n) is 12.5. The Morgan fingerprint density at radius 3 is 2.82 bits per heavy atom. The minimum absolute atomic E-state index is 0.0334. The van der Waals surface area contributed by atoms with Crippen LogP contribution >= 0.6 is 0 Å². The highest BCUT2D eigenvalue weighted by atomic mass is 16.5. The van der Waals surface area contributed by atoms with Crippen LogP contribution in [-0.4, -0.2) is 17.8 Å². The van der Waals surface area contributed by atoms with E-state index >= 15 is 0 Å². The van der Waals surface area contributed by atoms with Crippen LogP contribution in [0.2, 0.25) is 0 Å². The quantitative estimate of drug-likeness (QED) is 0.831. The number of allylic oxidation sites excluding steroid dienone is 1. The van der Waals surface area contributed by atoms with Gasteiger partial charge >= 0.3 is 0 Å². The van der Waals surface area contributed by atoms with Crippen molar-refractivity contribution < 1.29 is 14.6 Å². The van der Waals surface area contributed by atoms with E-state index in [9.17, 15) is 5.11 Å². The van der Waals surface area contributed by atoms with Crippen molar-refractivity contribution >= 4 is 0 Å². The zero-order valence-corrected chi connectivity index (χ0v) is 12.5. The van der Waals surface area contributed by atoms with Gasteiger partial charge in [0.1, 0.15) is 24.2 Å². The molecule has 2 aromatic rings. The van der Waals surface area contributed by atoms with E-state index in [4.69, 9.17) is 9.47 Å². The molecule has 3 nitrogen and oxygen atoms in total. The first-order valence-electron chi connectivity index (χ1n) is 7.51. The van der Waals surface area contributed by atoms with Gasteiger partial charge in [-0.05, 0) is 24.1 Å². The molecule has 1 aliphatic rings. The number of rotatable bonds is 6. The first kappa shape index (κ1) is 14.7. The molecule has 22 heavy (non-hydrogen) atoms. The Kier molecular flexibility index (Phi) is 4.45. The molecular formula is C19H20O3. The molecule has 1 unspecified atom stereocenters. The van der Waals surface area contributed by atoms with Gasteiger partial charge in [0.15, 0.2) is 0 Å². The Hall–Kier alpha value is -2.26. The number of hydrogen-bond donors (Lipinski definition) is 1. The van der Waals surface area contributed by atoms with Gasteiger partial charge in [0.2, 0.25) is 0 Å². The molecule has 1 aliphatic heterocycles. The molecule has 0 fully saturated rings. The fourth-order valence-electron chi connectivity index (χ4n) is 2.67. The molecular weight excluding hydrogens is 276 g/mol. The van der Waals surface area contributed by atoms with Gasteiger partial charge in [-0.15, -0.1) is 6.58 Å². The Bertz CT molecular complexity index is 649. The monoisotopic (exact) mass is 296 g/mol. The smallest absolute Gasteiger partial charge is 0.126 e. The SMILES string of the molecule is C=CCc1cc2c(cc1OCc1ccccc1)CC(CO)O2. The Morgan fingerprint density at radius 2 is 2.09 bits per heavy atom. The fraction of sp³-hybridized carbons (Fsp3) is 0.263. The van der Waals surface area contributed by atoms with E-state index < -0.39 is 0 Å². The lowest BCUT2D eigenvalue weighted by Gasteiger charge is -2.13. The van der Waals surface area contributed by atoms with Crippen LogP contribution in [0.25, 0.3) is 0 Å². The average molecular weight is 296 g/mol. The molecule has 1 atom stereocenters. The summed E-state index contributed by atoms with van der Waals surface area (Å²) in [7, 11) is 0. The summed E-state index contributed by atoms with van der Waals surface area (Å²) in [4.78, 5) is 0. The van der Waals surface area contributed by atoms with E-state index in [-0.39, 0.29) is 12.7 Å². The third-order valence-electron chi connectivity index (χ3n) is 3.79. The maximum absolute atomic E-state index is 9.26. The Labute approximate surface area is 130 Å². The lowest BCUT2D eigenvalue weighted by molar-refractivity contribution is 0.134. The van der Waals surface area contributed by atoms with Crippen LogP contribution in [0.1, 0.15) is 16.7 Å². The van der Waals surface area contributed by atoms with Crippen LogP contribution in [0, 0.1) is 0 Å². The van der Waals surface area contributed by atoms with Crippen LogP contribution in [0.5, 0.6) is 11.5 Å². The molecule has 0 amide bonds. The predicted molar refractivity (Wildman–Crippen MR) is 86.3 cm³/mol. The van der Waals surface area contributed by atoms with E-state index in [0.717, 1.165) is 41.0 Å². The van der Waals surface area contributed by atoms with E-state index in [1.54, 1.807) is 0 Å². The van der Waals surface area contributed by atoms with E-state index in [0.29, 0.717) is 6.61 Å². The first-order chi connectivity index (χ1) is 10.8. The zero-order chi connectivity index (χ0) is 15.4. The molecule has 0 saturated heterocycles. The van der Waals surface area contributed by atoms with Crippen molar-refractivity contribution in [1.29, 1.82) is 0 Å². The summed E-state index contributed by atoms with van der Waals surface area (Å²) in [6.45, 7) is 4.37. The molecule has 0 aromatic heterocycles. The third-order valence-corrected chi connectivity index (χ3v) is 3.79. The molecule has 0 aliphatic carbocycles. The summed E-state index contributed by atoms with van der Waals surface area (Å²) < 4.78 is 11.7. The first-order valence-corrected chi connectivity index (χ1v) is 7.51. The number of aliphatic hydroxyl groups is 1. The van der Waals surface area contributed by atoms with Crippen molar-refractivity contribution in [3.63, 3.8) is 0 Å². The van der Waals surface area contributed by atoms with Crippen molar-refractivity contribution in [2.45, 2.75) is 25.6 Å². The average Bonchev–Trinajstić information content (AvgIpc) is 2.96. The summed E-state index contributed by atoms with van der Waals surface area (Å²) in [5.74, 6) is 1.72. The minimum atomic E-state index is -0.143. The summed E-state index contributed by atoms with van der Waals surface area (Å²) in [6.07, 6.45) is 3.16. The summed E-state index contributed by atoms with van der Waals surface area (Å²) in [5, 5.41) is 9.26. The maximum atomic E-state index is 9.26. The largest absolute Gasteiger partial charge is 0.489 e. The number of aliphatic hydroxyl groups excluding tert-OH is 1. The summed E-state index contributed by atoms with van der Waals surface area (Å²) in [5.41, 5.74) is 3.29. The second-order valence-corrected chi connectivity index (χ2v) is 5.46. The van der Waals surface area contributed by atoms with Crippen molar-refractivity contribution in [3.05, 3.63) is 71.8 Å². The van der Waals surface area contributed by atoms with Crippen LogP contribution in [0.15, 0.2) is 55.1 Å². The fourth-order valence-corrected chi connectivity index (χ4v) is 2.67. The minimum Gasteiger partial charge on any atom is -0.489 e. The molecule has 3 rings (SSSR count). The third kappa shape index (κ3) is 3.15. The summed E-state index contributed by atoms with van der Waals surface area (Å²) in [6, 6.07) is 14.1. The van der Waals surface area contributed by atoms with Gasteiger partial charge in [0.05, 0.1) is 6.61 Å². The van der Waals surface area contributed by atoms with Crippen molar-refractivity contribution in [2.75, 3.05) is 6.61 Å². The molecule has 0 bridgehead atoms. The molecule has 2 aromatic carbocycles. The van der Waals surface area contributed by atoms with Gasteiger partial charge in [-0.3, -0.25) is 0 Å². The van der Waals surface area contributed by atoms with E-state index in [2.05, 4.69) is 6.58 Å². The topological polar surface area (TPSA) is 38.7 Å². The highest BCUT2D eigenvalue weighted by Gasteiger charge is 2.24. The Morgan fingerprint density at radius 1 is 1.27 bits per heavy atom. The van der Waals surface area contributed by atoms with Gasteiger partial charge in [-0.25, -0.2) is 0 Å². The van der Waals surface area contributed by atoms with Crippen molar-refractivity contribution in [3.8, 4) is 11.5 Å². The molecule has 1 N–H and O–H groups in total. The number of benzene rings is 2. The molecule has 3 heteroatoms. The second kappa shape index (κ2) is 6.67. The highest BCUT2D eigenvalue weighted by molar-refractivity contribution is 5.49. The van der Waals surface area contributed by atoms with Gasteiger partial charge in [0.25, 0.3) is 0 Å². The number of hydrogen-bond acceptors (Lipinski definition) is 3. The summed E-state index contributed by atoms with van der Waals surface area (Å²) >= 11 is 0. The molecule has 0 saturated carbocycles. The number of ether oxygens (including phenoxy) is 2. The lowest BCUT2D eigenvalue weighted by atomic mass is 10.0.